The van der Waals surface area contributed by atoms with Crippen molar-refractivity contribution in [3.8, 4) is 33.8 Å². The van der Waals surface area contributed by atoms with Gasteiger partial charge >= 0.3 is 0 Å². The highest BCUT2D eigenvalue weighted by Crippen LogP contribution is 2.41. The summed E-state index contributed by atoms with van der Waals surface area (Å²) >= 11 is 0. The van der Waals surface area contributed by atoms with Crippen LogP contribution in [0.25, 0.3) is 22.3 Å². The maximum absolute atomic E-state index is 11.8. The van der Waals surface area contributed by atoms with E-state index in [2.05, 4.69) is 54.6 Å². The normalized spacial score (nSPS) is 11.6. The number of carbonyl (C=O) groups is 2. The van der Waals surface area contributed by atoms with Gasteiger partial charge in [0, 0.05) is 11.1 Å². The number of rotatable bonds is 5. The third-order valence-electron chi connectivity index (χ3n) is 5.97. The summed E-state index contributed by atoms with van der Waals surface area (Å²) in [6.07, 6.45) is 0.936. The first-order valence-electron chi connectivity index (χ1n) is 10.6. The summed E-state index contributed by atoms with van der Waals surface area (Å²) in [4.78, 5) is 23.7. The summed E-state index contributed by atoms with van der Waals surface area (Å²) in [6.45, 7) is 2.96. The van der Waals surface area contributed by atoms with E-state index in [0.717, 1.165) is 12.0 Å². The highest BCUT2D eigenvalue weighted by atomic mass is 16.5. The van der Waals surface area contributed by atoms with Crippen molar-refractivity contribution in [1.82, 2.24) is 0 Å². The molecule has 0 spiro atoms. The molecule has 3 nitrogen and oxygen atoms in total. The fourth-order valence-electron chi connectivity index (χ4n) is 4.33. The number of benzene rings is 4. The molecule has 0 amide bonds. The number of hydrogen-bond donors (Lipinski definition) is 0. The molecule has 5 rings (SSSR count). The Bertz CT molecular complexity index is 1330. The standard InChI is InChI=1S/C29H22O3/c1-18(30)22-14-23(19(2)31)16-25(15-22)32-24-12-10-20(11-13-24)26-8-5-9-28-27-7-4-3-6-21(27)17-29(26)28/h3-16H,17H2,1-2H3. The van der Waals surface area contributed by atoms with Gasteiger partial charge in [-0.2, -0.15) is 0 Å². The van der Waals surface area contributed by atoms with Crippen molar-refractivity contribution >= 4 is 11.6 Å². The van der Waals surface area contributed by atoms with E-state index in [1.807, 2.05) is 12.1 Å². The quantitative estimate of drug-likeness (QED) is 0.285. The highest BCUT2D eigenvalue weighted by Gasteiger charge is 2.21. The van der Waals surface area contributed by atoms with Crippen LogP contribution in [0.1, 0.15) is 45.7 Å². The first-order chi connectivity index (χ1) is 15.5. The van der Waals surface area contributed by atoms with Crippen LogP contribution in [-0.2, 0) is 6.42 Å². The van der Waals surface area contributed by atoms with E-state index in [4.69, 9.17) is 4.74 Å². The molecule has 0 radical (unpaired) electrons. The second-order valence-corrected chi connectivity index (χ2v) is 8.15. The predicted molar refractivity (Wildman–Crippen MR) is 127 cm³/mol. The maximum atomic E-state index is 11.8. The molecule has 0 N–H and O–H groups in total. The van der Waals surface area contributed by atoms with Crippen molar-refractivity contribution in [3.05, 3.63) is 107 Å². The lowest BCUT2D eigenvalue weighted by Gasteiger charge is -2.12. The molecule has 0 saturated carbocycles. The third kappa shape index (κ3) is 3.63. The van der Waals surface area contributed by atoms with Gasteiger partial charge in [0.15, 0.2) is 11.6 Å². The van der Waals surface area contributed by atoms with E-state index >= 15 is 0 Å². The highest BCUT2D eigenvalue weighted by molar-refractivity contribution is 6.00. The van der Waals surface area contributed by atoms with E-state index < -0.39 is 0 Å². The van der Waals surface area contributed by atoms with Gasteiger partial charge in [0.25, 0.3) is 0 Å². The lowest BCUT2D eigenvalue weighted by atomic mass is 9.96. The summed E-state index contributed by atoms with van der Waals surface area (Å²) < 4.78 is 5.99. The number of fused-ring (bicyclic) bond motifs is 3. The Labute approximate surface area is 187 Å². The zero-order valence-corrected chi connectivity index (χ0v) is 18.0. The van der Waals surface area contributed by atoms with Gasteiger partial charge in [-0.1, -0.05) is 54.6 Å². The molecule has 1 aliphatic carbocycles. The molecule has 0 saturated heterocycles. The summed E-state index contributed by atoms with van der Waals surface area (Å²) in [5, 5.41) is 0. The molecule has 0 unspecified atom stereocenters. The Morgan fingerprint density at radius 3 is 1.97 bits per heavy atom. The largest absolute Gasteiger partial charge is 0.457 e. The van der Waals surface area contributed by atoms with Crippen molar-refractivity contribution in [2.75, 3.05) is 0 Å². The SMILES string of the molecule is CC(=O)c1cc(Oc2ccc(-c3cccc4c3Cc3ccccc3-4)cc2)cc(C(C)=O)c1. The minimum absolute atomic E-state index is 0.104. The van der Waals surface area contributed by atoms with Gasteiger partial charge in [0.2, 0.25) is 0 Å². The number of ether oxygens (including phenoxy) is 1. The zero-order chi connectivity index (χ0) is 22.2. The molecular formula is C29H22O3. The molecule has 0 aromatic heterocycles. The first kappa shape index (κ1) is 20.0. The van der Waals surface area contributed by atoms with Crippen LogP contribution in [0.15, 0.2) is 84.9 Å². The lowest BCUT2D eigenvalue weighted by Crippen LogP contribution is -1.99. The first-order valence-corrected chi connectivity index (χ1v) is 10.6. The van der Waals surface area contributed by atoms with E-state index in [1.54, 1.807) is 18.2 Å². The van der Waals surface area contributed by atoms with Crippen molar-refractivity contribution < 1.29 is 14.3 Å². The zero-order valence-electron chi connectivity index (χ0n) is 18.0. The third-order valence-corrected chi connectivity index (χ3v) is 5.97. The van der Waals surface area contributed by atoms with Crippen LogP contribution in [-0.4, -0.2) is 11.6 Å². The Balaban J connectivity index is 1.44. The van der Waals surface area contributed by atoms with Crippen LogP contribution in [0, 0.1) is 0 Å². The summed E-state index contributed by atoms with van der Waals surface area (Å²) in [7, 11) is 0. The van der Waals surface area contributed by atoms with Gasteiger partial charge in [0.05, 0.1) is 0 Å². The molecule has 32 heavy (non-hydrogen) atoms. The van der Waals surface area contributed by atoms with E-state index in [-0.39, 0.29) is 11.6 Å². The average molecular weight is 418 g/mol. The van der Waals surface area contributed by atoms with E-state index in [9.17, 15) is 9.59 Å². The monoisotopic (exact) mass is 418 g/mol. The van der Waals surface area contributed by atoms with E-state index in [0.29, 0.717) is 22.6 Å². The van der Waals surface area contributed by atoms with Gasteiger partial charge in [-0.3, -0.25) is 9.59 Å². The number of hydrogen-bond acceptors (Lipinski definition) is 3. The molecule has 0 heterocycles. The Morgan fingerprint density at radius 2 is 1.28 bits per heavy atom. The minimum atomic E-state index is -0.104. The van der Waals surface area contributed by atoms with Crippen LogP contribution in [0.4, 0.5) is 0 Å². The van der Waals surface area contributed by atoms with Gasteiger partial charge in [-0.05, 0) is 84.0 Å². The molecule has 1 aliphatic rings. The molecule has 3 heteroatoms. The smallest absolute Gasteiger partial charge is 0.159 e. The molecular weight excluding hydrogens is 396 g/mol. The number of Topliss-reactive ketones (excluding diaryl/α,β-unsaturated/α-hetero) is 2. The maximum Gasteiger partial charge on any atom is 0.159 e. The summed E-state index contributed by atoms with van der Waals surface area (Å²) in [5.74, 6) is 0.922. The van der Waals surface area contributed by atoms with Gasteiger partial charge in [-0.15, -0.1) is 0 Å². The van der Waals surface area contributed by atoms with Crippen molar-refractivity contribution in [3.63, 3.8) is 0 Å². The second-order valence-electron chi connectivity index (χ2n) is 8.15. The molecule has 4 aromatic carbocycles. The Hall–Kier alpha value is -3.98. The van der Waals surface area contributed by atoms with Crippen molar-refractivity contribution in [2.45, 2.75) is 20.3 Å². The molecule has 0 bridgehead atoms. The van der Waals surface area contributed by atoms with Gasteiger partial charge < -0.3 is 4.74 Å². The van der Waals surface area contributed by atoms with Crippen molar-refractivity contribution in [1.29, 1.82) is 0 Å². The molecule has 0 fully saturated rings. The minimum Gasteiger partial charge on any atom is -0.457 e. The summed E-state index contributed by atoms with van der Waals surface area (Å²) in [5.41, 5.74) is 8.61. The van der Waals surface area contributed by atoms with Crippen LogP contribution < -0.4 is 4.74 Å². The topological polar surface area (TPSA) is 43.4 Å². The van der Waals surface area contributed by atoms with Gasteiger partial charge in [0.1, 0.15) is 11.5 Å². The summed E-state index contributed by atoms with van der Waals surface area (Å²) in [6, 6.07) is 27.9. The van der Waals surface area contributed by atoms with Gasteiger partial charge in [-0.25, -0.2) is 0 Å². The van der Waals surface area contributed by atoms with Crippen LogP contribution in [0.3, 0.4) is 0 Å². The van der Waals surface area contributed by atoms with E-state index in [1.165, 1.54) is 41.7 Å². The fraction of sp³-hybridized carbons (Fsp3) is 0.103. The van der Waals surface area contributed by atoms with Crippen LogP contribution >= 0.6 is 0 Å². The van der Waals surface area contributed by atoms with Crippen LogP contribution in [0.5, 0.6) is 11.5 Å². The fourth-order valence-corrected chi connectivity index (χ4v) is 4.33. The molecule has 156 valence electrons. The Kier molecular flexibility index (Phi) is 4.95. The number of carbonyl (C=O) groups excluding carboxylic acids is 2. The Morgan fingerprint density at radius 1 is 0.656 bits per heavy atom. The second kappa shape index (κ2) is 7.93. The van der Waals surface area contributed by atoms with Crippen LogP contribution in [0.2, 0.25) is 0 Å². The molecule has 0 atom stereocenters. The average Bonchev–Trinajstić information content (AvgIpc) is 3.18. The lowest BCUT2D eigenvalue weighted by molar-refractivity contribution is 0.101. The predicted octanol–water partition coefficient (Wildman–Crippen LogP) is 7.12. The molecule has 0 aliphatic heterocycles. The van der Waals surface area contributed by atoms with Crippen molar-refractivity contribution in [2.24, 2.45) is 0 Å². The molecule has 4 aromatic rings. The number of ketones is 2.